The van der Waals surface area contributed by atoms with Crippen LogP contribution >= 0.6 is 0 Å². The van der Waals surface area contributed by atoms with Crippen molar-refractivity contribution in [1.29, 1.82) is 0 Å². The van der Waals surface area contributed by atoms with E-state index in [1.807, 2.05) is 0 Å². The Morgan fingerprint density at radius 1 is 1.58 bits per heavy atom. The first kappa shape index (κ1) is 14.3. The third-order valence-electron chi connectivity index (χ3n) is 3.77. The zero-order valence-electron chi connectivity index (χ0n) is 12.2. The average Bonchev–Trinajstić information content (AvgIpc) is 2.76. The predicted octanol–water partition coefficient (Wildman–Crippen LogP) is 2.47. The maximum absolute atomic E-state index is 11.0. The van der Waals surface area contributed by atoms with E-state index in [2.05, 4.69) is 23.7 Å². The maximum Gasteiger partial charge on any atom is 0.194 e. The summed E-state index contributed by atoms with van der Waals surface area (Å²) in [6, 6.07) is 0.612. The summed E-state index contributed by atoms with van der Waals surface area (Å²) in [7, 11) is 0. The Kier molecular flexibility index (Phi) is 4.75. The van der Waals surface area contributed by atoms with Gasteiger partial charge < -0.3 is 9.32 Å². The summed E-state index contributed by atoms with van der Waals surface area (Å²) < 4.78 is 5.64. The molecule has 106 valence electrons. The number of carbonyl (C=O) groups is 1. The van der Waals surface area contributed by atoms with E-state index in [0.717, 1.165) is 18.9 Å². The van der Waals surface area contributed by atoms with Crippen molar-refractivity contribution < 1.29 is 9.21 Å². The normalized spacial score (nSPS) is 20.9. The first-order chi connectivity index (χ1) is 9.04. The number of nitrogens with zero attached hydrogens (tertiary/aromatic N) is 2. The van der Waals surface area contributed by atoms with E-state index in [0.29, 0.717) is 24.1 Å². The molecule has 0 amide bonds. The SMILES string of the molecule is CC(=O)Cc1cnc(CC2CCCN(C(C)C)C2)o1. The quantitative estimate of drug-likeness (QED) is 0.819. The second-order valence-electron chi connectivity index (χ2n) is 5.90. The van der Waals surface area contributed by atoms with Gasteiger partial charge in [-0.15, -0.1) is 0 Å². The van der Waals surface area contributed by atoms with E-state index in [-0.39, 0.29) is 5.78 Å². The van der Waals surface area contributed by atoms with Crippen LogP contribution < -0.4 is 0 Å². The van der Waals surface area contributed by atoms with Crippen LogP contribution in [-0.2, 0) is 17.6 Å². The van der Waals surface area contributed by atoms with Crippen LogP contribution in [0.5, 0.6) is 0 Å². The Balaban J connectivity index is 1.89. The number of hydrogen-bond donors (Lipinski definition) is 0. The summed E-state index contributed by atoms with van der Waals surface area (Å²) >= 11 is 0. The van der Waals surface area contributed by atoms with Crippen LogP contribution in [-0.4, -0.2) is 34.8 Å². The van der Waals surface area contributed by atoms with Crippen molar-refractivity contribution in [2.24, 2.45) is 5.92 Å². The Bertz CT molecular complexity index is 426. The van der Waals surface area contributed by atoms with Crippen LogP contribution in [0.2, 0.25) is 0 Å². The minimum Gasteiger partial charge on any atom is -0.445 e. The van der Waals surface area contributed by atoms with Crippen LogP contribution in [0.15, 0.2) is 10.6 Å². The first-order valence-corrected chi connectivity index (χ1v) is 7.21. The molecule has 0 aromatic carbocycles. The summed E-state index contributed by atoms with van der Waals surface area (Å²) in [5.41, 5.74) is 0. The van der Waals surface area contributed by atoms with Crippen LogP contribution in [0.1, 0.15) is 45.3 Å². The van der Waals surface area contributed by atoms with Gasteiger partial charge in [0.15, 0.2) is 5.89 Å². The van der Waals surface area contributed by atoms with E-state index >= 15 is 0 Å². The molecule has 1 aliphatic heterocycles. The highest BCUT2D eigenvalue weighted by molar-refractivity contribution is 5.77. The van der Waals surface area contributed by atoms with E-state index < -0.39 is 0 Å². The van der Waals surface area contributed by atoms with Crippen LogP contribution in [0.3, 0.4) is 0 Å². The van der Waals surface area contributed by atoms with Gasteiger partial charge in [-0.05, 0) is 46.1 Å². The third-order valence-corrected chi connectivity index (χ3v) is 3.77. The molecule has 0 N–H and O–H groups in total. The van der Waals surface area contributed by atoms with Gasteiger partial charge in [0.25, 0.3) is 0 Å². The molecule has 0 spiro atoms. The fourth-order valence-electron chi connectivity index (χ4n) is 2.75. The third kappa shape index (κ3) is 4.16. The second-order valence-corrected chi connectivity index (χ2v) is 5.90. The van der Waals surface area contributed by atoms with Gasteiger partial charge >= 0.3 is 0 Å². The van der Waals surface area contributed by atoms with Crippen molar-refractivity contribution in [2.75, 3.05) is 13.1 Å². The molecule has 1 atom stereocenters. The van der Waals surface area contributed by atoms with Crippen molar-refractivity contribution in [1.82, 2.24) is 9.88 Å². The summed E-state index contributed by atoms with van der Waals surface area (Å²) in [5.74, 6) is 2.22. The lowest BCUT2D eigenvalue weighted by molar-refractivity contribution is -0.116. The zero-order valence-corrected chi connectivity index (χ0v) is 12.2. The van der Waals surface area contributed by atoms with Crippen LogP contribution in [0.4, 0.5) is 0 Å². The highest BCUT2D eigenvalue weighted by Crippen LogP contribution is 2.22. The molecular weight excluding hydrogens is 240 g/mol. The summed E-state index contributed by atoms with van der Waals surface area (Å²) in [6.45, 7) is 8.40. The van der Waals surface area contributed by atoms with Gasteiger partial charge in [0.05, 0.1) is 12.6 Å². The van der Waals surface area contributed by atoms with Crippen LogP contribution in [0.25, 0.3) is 0 Å². The molecule has 1 aromatic heterocycles. The fourth-order valence-corrected chi connectivity index (χ4v) is 2.75. The number of aromatic nitrogens is 1. The van der Waals surface area contributed by atoms with Gasteiger partial charge in [0.2, 0.25) is 0 Å². The minimum atomic E-state index is 0.117. The van der Waals surface area contributed by atoms with Crippen molar-refractivity contribution >= 4 is 5.78 Å². The number of likely N-dealkylation sites (tertiary alicyclic amines) is 1. The molecule has 4 heteroatoms. The lowest BCUT2D eigenvalue weighted by atomic mass is 9.94. The standard InChI is InChI=1S/C15H24N2O2/c1-11(2)17-6-4-5-13(10-17)8-15-16-9-14(19-15)7-12(3)18/h9,11,13H,4-8,10H2,1-3H3. The number of carbonyl (C=O) groups excluding carboxylic acids is 1. The average molecular weight is 264 g/mol. The Labute approximate surface area is 115 Å². The van der Waals surface area contributed by atoms with Gasteiger partial charge in [0.1, 0.15) is 11.5 Å². The largest absolute Gasteiger partial charge is 0.445 e. The summed E-state index contributed by atoms with van der Waals surface area (Å²) in [5, 5.41) is 0. The molecule has 0 saturated carbocycles. The number of Topliss-reactive ketones (excluding diaryl/α,β-unsaturated/α-hetero) is 1. The molecule has 0 radical (unpaired) electrons. The smallest absolute Gasteiger partial charge is 0.194 e. The van der Waals surface area contributed by atoms with E-state index in [4.69, 9.17) is 4.42 Å². The van der Waals surface area contributed by atoms with Gasteiger partial charge in [-0.2, -0.15) is 0 Å². The summed E-state index contributed by atoms with van der Waals surface area (Å²) in [4.78, 5) is 17.9. The molecule has 1 aromatic rings. The highest BCUT2D eigenvalue weighted by Gasteiger charge is 2.23. The minimum absolute atomic E-state index is 0.117. The first-order valence-electron chi connectivity index (χ1n) is 7.21. The second kappa shape index (κ2) is 6.33. The molecular formula is C15H24N2O2. The number of piperidine rings is 1. The molecule has 4 nitrogen and oxygen atoms in total. The molecule has 1 unspecified atom stereocenters. The summed E-state index contributed by atoms with van der Waals surface area (Å²) in [6.07, 6.45) is 5.44. The Morgan fingerprint density at radius 3 is 3.05 bits per heavy atom. The molecule has 19 heavy (non-hydrogen) atoms. The topological polar surface area (TPSA) is 46.3 Å². The Hall–Kier alpha value is -1.16. The van der Waals surface area contributed by atoms with E-state index in [1.54, 1.807) is 13.1 Å². The number of ketones is 1. The molecule has 1 fully saturated rings. The fraction of sp³-hybridized carbons (Fsp3) is 0.733. The highest BCUT2D eigenvalue weighted by atomic mass is 16.4. The number of oxazole rings is 1. The van der Waals surface area contributed by atoms with Crippen molar-refractivity contribution in [3.05, 3.63) is 17.8 Å². The molecule has 1 saturated heterocycles. The van der Waals surface area contributed by atoms with Crippen molar-refractivity contribution in [3.63, 3.8) is 0 Å². The number of hydrogen-bond acceptors (Lipinski definition) is 4. The van der Waals surface area contributed by atoms with Gasteiger partial charge in [-0.3, -0.25) is 4.79 Å². The predicted molar refractivity (Wildman–Crippen MR) is 74.0 cm³/mol. The molecule has 0 aliphatic carbocycles. The Morgan fingerprint density at radius 2 is 2.37 bits per heavy atom. The van der Waals surface area contributed by atoms with Gasteiger partial charge in [-0.1, -0.05) is 0 Å². The molecule has 2 heterocycles. The monoisotopic (exact) mass is 264 g/mol. The molecule has 2 rings (SSSR count). The van der Waals surface area contributed by atoms with Gasteiger partial charge in [0, 0.05) is 19.0 Å². The van der Waals surface area contributed by atoms with Crippen LogP contribution in [0, 0.1) is 5.92 Å². The van der Waals surface area contributed by atoms with Crippen molar-refractivity contribution in [3.8, 4) is 0 Å². The molecule has 1 aliphatic rings. The maximum atomic E-state index is 11.0. The van der Waals surface area contributed by atoms with Gasteiger partial charge in [-0.25, -0.2) is 4.98 Å². The lowest BCUT2D eigenvalue weighted by Crippen LogP contribution is -2.40. The zero-order chi connectivity index (χ0) is 13.8. The van der Waals surface area contributed by atoms with E-state index in [1.165, 1.54) is 19.4 Å². The number of rotatable bonds is 5. The van der Waals surface area contributed by atoms with Crippen molar-refractivity contribution in [2.45, 2.75) is 52.5 Å². The molecule has 0 bridgehead atoms. The van der Waals surface area contributed by atoms with E-state index in [9.17, 15) is 4.79 Å². The lowest BCUT2D eigenvalue weighted by Gasteiger charge is -2.35.